The molecule has 0 aromatic heterocycles. The largest absolute Gasteiger partial charge is 0.497 e. The van der Waals surface area contributed by atoms with E-state index in [1.165, 1.54) is 0 Å². The van der Waals surface area contributed by atoms with Crippen molar-refractivity contribution in [3.05, 3.63) is 36.4 Å². The third kappa shape index (κ3) is 2.08. The standard InChI is InChI=1S/C18H18O4/c1-19-12-9-11-5-6-13-14(20-2)7-8-15(21-3)18(13)17(11)16(10-12)22-4/h5-10H,1-4H3. The molecule has 0 radical (unpaired) electrons. The molecule has 0 saturated carbocycles. The van der Waals surface area contributed by atoms with Gasteiger partial charge in [0.05, 0.1) is 28.4 Å². The van der Waals surface area contributed by atoms with E-state index in [2.05, 4.69) is 0 Å². The molecular formula is C18H18O4. The minimum Gasteiger partial charge on any atom is -0.497 e. The first-order valence-corrected chi connectivity index (χ1v) is 6.93. The van der Waals surface area contributed by atoms with E-state index in [0.717, 1.165) is 44.5 Å². The molecule has 22 heavy (non-hydrogen) atoms. The Morgan fingerprint density at radius 2 is 1.27 bits per heavy atom. The van der Waals surface area contributed by atoms with Gasteiger partial charge in [0.1, 0.15) is 23.0 Å². The maximum atomic E-state index is 5.57. The molecule has 0 heterocycles. The van der Waals surface area contributed by atoms with Crippen LogP contribution in [-0.2, 0) is 0 Å². The molecular weight excluding hydrogens is 280 g/mol. The SMILES string of the molecule is COc1cc(OC)c2c(ccc3c(OC)ccc(OC)c32)c1. The summed E-state index contributed by atoms with van der Waals surface area (Å²) in [6, 6.07) is 11.7. The highest BCUT2D eigenvalue weighted by atomic mass is 16.5. The van der Waals surface area contributed by atoms with E-state index in [-0.39, 0.29) is 0 Å². The second-order valence-electron chi connectivity index (χ2n) is 4.89. The van der Waals surface area contributed by atoms with Crippen LogP contribution in [0.25, 0.3) is 21.5 Å². The predicted molar refractivity (Wildman–Crippen MR) is 87.7 cm³/mol. The van der Waals surface area contributed by atoms with Crippen LogP contribution in [0, 0.1) is 0 Å². The summed E-state index contributed by atoms with van der Waals surface area (Å²) in [6.07, 6.45) is 0. The molecule has 0 amide bonds. The Kier molecular flexibility index (Phi) is 3.67. The first kappa shape index (κ1) is 14.3. The van der Waals surface area contributed by atoms with Gasteiger partial charge in [0.15, 0.2) is 0 Å². The molecule has 0 bridgehead atoms. The maximum absolute atomic E-state index is 5.57. The van der Waals surface area contributed by atoms with Gasteiger partial charge in [0.25, 0.3) is 0 Å². The Morgan fingerprint density at radius 1 is 0.591 bits per heavy atom. The quantitative estimate of drug-likeness (QED) is 0.682. The summed E-state index contributed by atoms with van der Waals surface area (Å²) < 4.78 is 21.9. The normalized spacial score (nSPS) is 10.7. The zero-order valence-electron chi connectivity index (χ0n) is 13.1. The molecule has 0 N–H and O–H groups in total. The minimum absolute atomic E-state index is 0.742. The van der Waals surface area contributed by atoms with Crippen LogP contribution in [0.5, 0.6) is 23.0 Å². The molecule has 0 atom stereocenters. The molecule has 0 spiro atoms. The Morgan fingerprint density at radius 3 is 1.91 bits per heavy atom. The van der Waals surface area contributed by atoms with Crippen molar-refractivity contribution in [3.8, 4) is 23.0 Å². The van der Waals surface area contributed by atoms with Gasteiger partial charge in [-0.1, -0.05) is 6.07 Å². The average Bonchev–Trinajstić information content (AvgIpc) is 2.58. The van der Waals surface area contributed by atoms with Crippen LogP contribution < -0.4 is 18.9 Å². The van der Waals surface area contributed by atoms with Gasteiger partial charge in [0.2, 0.25) is 0 Å². The van der Waals surface area contributed by atoms with Crippen molar-refractivity contribution in [1.82, 2.24) is 0 Å². The van der Waals surface area contributed by atoms with Crippen LogP contribution in [0.4, 0.5) is 0 Å². The fraction of sp³-hybridized carbons (Fsp3) is 0.222. The molecule has 3 aromatic rings. The van der Waals surface area contributed by atoms with Crippen LogP contribution in [0.1, 0.15) is 0 Å². The highest BCUT2D eigenvalue weighted by molar-refractivity contribution is 6.15. The van der Waals surface area contributed by atoms with Gasteiger partial charge in [-0.25, -0.2) is 0 Å². The van der Waals surface area contributed by atoms with Gasteiger partial charge < -0.3 is 18.9 Å². The molecule has 114 valence electrons. The molecule has 0 aliphatic carbocycles. The number of hydrogen-bond donors (Lipinski definition) is 0. The lowest BCUT2D eigenvalue weighted by Crippen LogP contribution is -1.93. The van der Waals surface area contributed by atoms with Crippen LogP contribution in [0.15, 0.2) is 36.4 Å². The number of rotatable bonds is 4. The zero-order chi connectivity index (χ0) is 15.7. The van der Waals surface area contributed by atoms with E-state index in [1.54, 1.807) is 28.4 Å². The summed E-state index contributed by atoms with van der Waals surface area (Å²) in [5.41, 5.74) is 0. The molecule has 0 aliphatic rings. The minimum atomic E-state index is 0.742. The van der Waals surface area contributed by atoms with Crippen molar-refractivity contribution < 1.29 is 18.9 Å². The monoisotopic (exact) mass is 298 g/mol. The van der Waals surface area contributed by atoms with Crippen molar-refractivity contribution in [1.29, 1.82) is 0 Å². The Labute approximate surface area is 129 Å². The van der Waals surface area contributed by atoms with E-state index < -0.39 is 0 Å². The Balaban J connectivity index is 2.53. The summed E-state index contributed by atoms with van der Waals surface area (Å²) in [4.78, 5) is 0. The summed E-state index contributed by atoms with van der Waals surface area (Å²) in [5.74, 6) is 3.08. The maximum Gasteiger partial charge on any atom is 0.131 e. The molecule has 0 saturated heterocycles. The van der Waals surface area contributed by atoms with Crippen molar-refractivity contribution >= 4 is 21.5 Å². The number of methoxy groups -OCH3 is 4. The number of hydrogen-bond acceptors (Lipinski definition) is 4. The van der Waals surface area contributed by atoms with Gasteiger partial charge in [0, 0.05) is 22.2 Å². The van der Waals surface area contributed by atoms with E-state index in [4.69, 9.17) is 18.9 Å². The van der Waals surface area contributed by atoms with Crippen LogP contribution in [0.3, 0.4) is 0 Å². The van der Waals surface area contributed by atoms with Gasteiger partial charge in [-0.15, -0.1) is 0 Å². The molecule has 4 heteroatoms. The van der Waals surface area contributed by atoms with Crippen molar-refractivity contribution in [2.75, 3.05) is 28.4 Å². The lowest BCUT2D eigenvalue weighted by molar-refractivity contribution is 0.397. The topological polar surface area (TPSA) is 36.9 Å². The fourth-order valence-corrected chi connectivity index (χ4v) is 2.81. The first-order chi connectivity index (χ1) is 10.7. The van der Waals surface area contributed by atoms with Gasteiger partial charge >= 0.3 is 0 Å². The first-order valence-electron chi connectivity index (χ1n) is 6.93. The molecule has 3 rings (SSSR count). The number of fused-ring (bicyclic) bond motifs is 3. The highest BCUT2D eigenvalue weighted by Gasteiger charge is 2.15. The second-order valence-corrected chi connectivity index (χ2v) is 4.89. The molecule has 4 nitrogen and oxygen atoms in total. The van der Waals surface area contributed by atoms with Crippen LogP contribution in [0.2, 0.25) is 0 Å². The smallest absolute Gasteiger partial charge is 0.131 e. The fourth-order valence-electron chi connectivity index (χ4n) is 2.81. The average molecular weight is 298 g/mol. The van der Waals surface area contributed by atoms with Gasteiger partial charge in [-0.05, 0) is 29.7 Å². The summed E-state index contributed by atoms with van der Waals surface area (Å²) >= 11 is 0. The summed E-state index contributed by atoms with van der Waals surface area (Å²) in [7, 11) is 6.62. The predicted octanol–water partition coefficient (Wildman–Crippen LogP) is 4.03. The van der Waals surface area contributed by atoms with Crippen molar-refractivity contribution in [2.24, 2.45) is 0 Å². The van der Waals surface area contributed by atoms with E-state index in [1.807, 2.05) is 36.4 Å². The zero-order valence-corrected chi connectivity index (χ0v) is 13.1. The van der Waals surface area contributed by atoms with Crippen molar-refractivity contribution in [3.63, 3.8) is 0 Å². The summed E-state index contributed by atoms with van der Waals surface area (Å²) in [6.45, 7) is 0. The van der Waals surface area contributed by atoms with E-state index in [0.29, 0.717) is 0 Å². The van der Waals surface area contributed by atoms with E-state index in [9.17, 15) is 0 Å². The number of ether oxygens (including phenoxy) is 4. The number of benzene rings is 3. The second kappa shape index (κ2) is 5.64. The lowest BCUT2D eigenvalue weighted by atomic mass is 9.99. The lowest BCUT2D eigenvalue weighted by Gasteiger charge is -2.15. The van der Waals surface area contributed by atoms with Crippen molar-refractivity contribution in [2.45, 2.75) is 0 Å². The van der Waals surface area contributed by atoms with E-state index >= 15 is 0 Å². The third-order valence-corrected chi connectivity index (χ3v) is 3.85. The molecule has 0 aliphatic heterocycles. The molecule has 3 aromatic carbocycles. The molecule has 0 unspecified atom stereocenters. The summed E-state index contributed by atoms with van der Waals surface area (Å²) in [5, 5.41) is 3.96. The van der Waals surface area contributed by atoms with Crippen LogP contribution >= 0.6 is 0 Å². The highest BCUT2D eigenvalue weighted by Crippen LogP contribution is 2.43. The van der Waals surface area contributed by atoms with Crippen LogP contribution in [-0.4, -0.2) is 28.4 Å². The van der Waals surface area contributed by atoms with Gasteiger partial charge in [-0.3, -0.25) is 0 Å². The van der Waals surface area contributed by atoms with Gasteiger partial charge in [-0.2, -0.15) is 0 Å². The Bertz CT molecular complexity index is 839. The molecule has 0 fully saturated rings. The Hall–Kier alpha value is -2.62. The third-order valence-electron chi connectivity index (χ3n) is 3.85.